The van der Waals surface area contributed by atoms with E-state index in [-0.39, 0.29) is 6.04 Å². The Kier molecular flexibility index (Phi) is 3.97. The Balaban J connectivity index is 2.24. The van der Waals surface area contributed by atoms with Gasteiger partial charge in [-0.05, 0) is 23.6 Å². The second-order valence-electron chi connectivity index (χ2n) is 4.29. The molecule has 0 spiro atoms. The second-order valence-corrected chi connectivity index (χ2v) is 6.10. The molecule has 0 saturated carbocycles. The molecule has 2 rings (SSSR count). The van der Waals surface area contributed by atoms with Crippen LogP contribution in [0.25, 0.3) is 0 Å². The maximum absolute atomic E-state index is 6.21. The minimum absolute atomic E-state index is 0.124. The standard InChI is InChI=1S/C13H15BrN2S/c1-8(2)11-7-17-13(16-11)12(15)9-3-5-10(14)6-4-9/h3-8,12H,15H2,1-2H3. The van der Waals surface area contributed by atoms with Gasteiger partial charge in [-0.15, -0.1) is 11.3 Å². The molecule has 0 radical (unpaired) electrons. The summed E-state index contributed by atoms with van der Waals surface area (Å²) in [4.78, 5) is 4.59. The molecular formula is C13H15BrN2S. The Hall–Kier alpha value is -0.710. The lowest BCUT2D eigenvalue weighted by Gasteiger charge is -2.09. The van der Waals surface area contributed by atoms with Crippen LogP contribution in [0.5, 0.6) is 0 Å². The van der Waals surface area contributed by atoms with Crippen LogP contribution < -0.4 is 5.73 Å². The van der Waals surface area contributed by atoms with Gasteiger partial charge < -0.3 is 5.73 Å². The number of hydrogen-bond acceptors (Lipinski definition) is 3. The van der Waals surface area contributed by atoms with Gasteiger partial charge in [0.2, 0.25) is 0 Å². The van der Waals surface area contributed by atoms with Crippen molar-refractivity contribution in [3.8, 4) is 0 Å². The number of aromatic nitrogens is 1. The number of rotatable bonds is 3. The van der Waals surface area contributed by atoms with Gasteiger partial charge in [-0.2, -0.15) is 0 Å². The molecule has 4 heteroatoms. The summed E-state index contributed by atoms with van der Waals surface area (Å²) in [5, 5.41) is 3.08. The molecule has 90 valence electrons. The zero-order chi connectivity index (χ0) is 12.4. The SMILES string of the molecule is CC(C)c1csc(C(N)c2ccc(Br)cc2)n1. The zero-order valence-corrected chi connectivity index (χ0v) is 12.3. The zero-order valence-electron chi connectivity index (χ0n) is 9.85. The Labute approximate surface area is 114 Å². The second kappa shape index (κ2) is 5.29. The normalized spacial score (nSPS) is 13.0. The van der Waals surface area contributed by atoms with E-state index >= 15 is 0 Å². The monoisotopic (exact) mass is 310 g/mol. The summed E-state index contributed by atoms with van der Waals surface area (Å²) in [5.74, 6) is 0.456. The van der Waals surface area contributed by atoms with E-state index in [1.54, 1.807) is 11.3 Å². The number of halogens is 1. The van der Waals surface area contributed by atoms with Gasteiger partial charge in [0, 0.05) is 9.85 Å². The first-order valence-electron chi connectivity index (χ1n) is 5.54. The van der Waals surface area contributed by atoms with Crippen LogP contribution in [0.3, 0.4) is 0 Å². The van der Waals surface area contributed by atoms with Crippen LogP contribution in [0.2, 0.25) is 0 Å². The van der Waals surface area contributed by atoms with Gasteiger partial charge in [0.25, 0.3) is 0 Å². The lowest BCUT2D eigenvalue weighted by molar-refractivity contribution is 0.795. The highest BCUT2D eigenvalue weighted by Gasteiger charge is 2.14. The molecule has 0 aliphatic heterocycles. The van der Waals surface area contributed by atoms with Crippen LogP contribution in [-0.4, -0.2) is 4.98 Å². The third-order valence-corrected chi connectivity index (χ3v) is 4.10. The van der Waals surface area contributed by atoms with Crippen LogP contribution in [0.1, 0.15) is 42.1 Å². The van der Waals surface area contributed by atoms with E-state index in [4.69, 9.17) is 5.73 Å². The van der Waals surface area contributed by atoms with Crippen molar-refractivity contribution in [2.75, 3.05) is 0 Å². The predicted octanol–water partition coefficient (Wildman–Crippen LogP) is 4.08. The van der Waals surface area contributed by atoms with Gasteiger partial charge in [0.1, 0.15) is 5.01 Å². The lowest BCUT2D eigenvalue weighted by Crippen LogP contribution is -2.11. The van der Waals surface area contributed by atoms with Gasteiger partial charge in [0.15, 0.2) is 0 Å². The van der Waals surface area contributed by atoms with E-state index in [0.29, 0.717) is 5.92 Å². The smallest absolute Gasteiger partial charge is 0.114 e. The summed E-state index contributed by atoms with van der Waals surface area (Å²) >= 11 is 5.06. The van der Waals surface area contributed by atoms with Gasteiger partial charge in [-0.3, -0.25) is 0 Å². The van der Waals surface area contributed by atoms with E-state index in [0.717, 1.165) is 20.7 Å². The lowest BCUT2D eigenvalue weighted by atomic mass is 10.1. The Bertz CT molecular complexity index is 490. The van der Waals surface area contributed by atoms with Crippen molar-refractivity contribution >= 4 is 27.3 Å². The van der Waals surface area contributed by atoms with Crippen LogP contribution >= 0.6 is 27.3 Å². The number of thiazole rings is 1. The fourth-order valence-corrected chi connectivity index (χ4v) is 2.79. The number of benzene rings is 1. The van der Waals surface area contributed by atoms with Crippen molar-refractivity contribution in [2.45, 2.75) is 25.8 Å². The topological polar surface area (TPSA) is 38.9 Å². The average molecular weight is 311 g/mol. The number of hydrogen-bond donors (Lipinski definition) is 1. The molecule has 1 atom stereocenters. The minimum atomic E-state index is -0.124. The molecule has 1 unspecified atom stereocenters. The van der Waals surface area contributed by atoms with Crippen LogP contribution in [0, 0.1) is 0 Å². The van der Waals surface area contributed by atoms with Gasteiger partial charge in [0.05, 0.1) is 11.7 Å². The summed E-state index contributed by atoms with van der Waals surface area (Å²) < 4.78 is 1.07. The third-order valence-electron chi connectivity index (χ3n) is 2.63. The number of nitrogens with two attached hydrogens (primary N) is 1. The summed E-state index contributed by atoms with van der Waals surface area (Å²) in [6.07, 6.45) is 0. The Morgan fingerprint density at radius 3 is 2.41 bits per heavy atom. The van der Waals surface area contributed by atoms with Crippen molar-refractivity contribution < 1.29 is 0 Å². The quantitative estimate of drug-likeness (QED) is 0.928. The molecule has 1 heterocycles. The molecule has 2 aromatic rings. The van der Waals surface area contributed by atoms with Gasteiger partial charge in [-0.1, -0.05) is 41.9 Å². The summed E-state index contributed by atoms with van der Waals surface area (Å²) in [7, 11) is 0. The summed E-state index contributed by atoms with van der Waals surface area (Å²) in [5.41, 5.74) is 8.43. The molecule has 1 aromatic carbocycles. The molecule has 0 aliphatic rings. The number of nitrogens with zero attached hydrogens (tertiary/aromatic N) is 1. The molecule has 0 fully saturated rings. The van der Waals surface area contributed by atoms with Crippen molar-refractivity contribution in [1.29, 1.82) is 0 Å². The van der Waals surface area contributed by atoms with E-state index in [2.05, 4.69) is 40.1 Å². The fraction of sp³-hybridized carbons (Fsp3) is 0.308. The molecule has 0 amide bonds. The predicted molar refractivity (Wildman–Crippen MR) is 76.4 cm³/mol. The molecule has 0 bridgehead atoms. The van der Waals surface area contributed by atoms with Gasteiger partial charge in [-0.25, -0.2) is 4.98 Å². The van der Waals surface area contributed by atoms with E-state index in [9.17, 15) is 0 Å². The highest BCUT2D eigenvalue weighted by atomic mass is 79.9. The van der Waals surface area contributed by atoms with Crippen molar-refractivity contribution in [2.24, 2.45) is 5.73 Å². The van der Waals surface area contributed by atoms with E-state index in [1.807, 2.05) is 24.3 Å². The van der Waals surface area contributed by atoms with Crippen molar-refractivity contribution in [3.05, 3.63) is 50.4 Å². The molecule has 2 nitrogen and oxygen atoms in total. The van der Waals surface area contributed by atoms with E-state index in [1.165, 1.54) is 0 Å². The Morgan fingerprint density at radius 2 is 1.88 bits per heavy atom. The Morgan fingerprint density at radius 1 is 1.24 bits per heavy atom. The molecule has 0 saturated heterocycles. The van der Waals surface area contributed by atoms with Crippen LogP contribution in [0.4, 0.5) is 0 Å². The first-order valence-corrected chi connectivity index (χ1v) is 7.21. The van der Waals surface area contributed by atoms with Crippen LogP contribution in [-0.2, 0) is 0 Å². The van der Waals surface area contributed by atoms with Crippen molar-refractivity contribution in [3.63, 3.8) is 0 Å². The van der Waals surface area contributed by atoms with Crippen molar-refractivity contribution in [1.82, 2.24) is 4.98 Å². The first-order chi connectivity index (χ1) is 8.08. The molecule has 2 N–H and O–H groups in total. The highest BCUT2D eigenvalue weighted by molar-refractivity contribution is 9.10. The average Bonchev–Trinajstić information content (AvgIpc) is 2.78. The summed E-state index contributed by atoms with van der Waals surface area (Å²) in [6.45, 7) is 4.29. The minimum Gasteiger partial charge on any atom is -0.318 e. The van der Waals surface area contributed by atoms with E-state index < -0.39 is 0 Å². The maximum Gasteiger partial charge on any atom is 0.114 e. The highest BCUT2D eigenvalue weighted by Crippen LogP contribution is 2.26. The molecular weight excluding hydrogens is 296 g/mol. The summed E-state index contributed by atoms with van der Waals surface area (Å²) in [6, 6.07) is 7.95. The molecule has 0 aliphatic carbocycles. The largest absolute Gasteiger partial charge is 0.318 e. The molecule has 1 aromatic heterocycles. The van der Waals surface area contributed by atoms with Crippen LogP contribution in [0.15, 0.2) is 34.1 Å². The molecule has 17 heavy (non-hydrogen) atoms. The first kappa shape index (κ1) is 12.7. The fourth-order valence-electron chi connectivity index (χ4n) is 1.52. The third kappa shape index (κ3) is 2.94. The maximum atomic E-state index is 6.21. The van der Waals surface area contributed by atoms with Gasteiger partial charge >= 0.3 is 0 Å².